The third kappa shape index (κ3) is 2.34. The van der Waals surface area contributed by atoms with Gasteiger partial charge in [0.25, 0.3) is 5.43 Å². The summed E-state index contributed by atoms with van der Waals surface area (Å²) in [6.07, 6.45) is 0. The predicted octanol–water partition coefficient (Wildman–Crippen LogP) is 3.49. The minimum Gasteiger partial charge on any atom is -0.349 e. The molecule has 0 spiro atoms. The van der Waals surface area contributed by atoms with Crippen molar-refractivity contribution in [2.75, 3.05) is 5.32 Å². The number of halogens is 2. The predicted molar refractivity (Wildman–Crippen MR) is 81.5 cm³/mol. The number of anilines is 2. The molecule has 3 rings (SSSR count). The van der Waals surface area contributed by atoms with Crippen molar-refractivity contribution >= 4 is 23.0 Å². The largest absolute Gasteiger partial charge is 0.349 e. The Bertz CT molecular complexity index is 880. The molecule has 0 aliphatic rings. The average Bonchev–Trinajstić information content (AvgIpc) is 2.50. The number of nitrogens with one attached hydrogen (secondary N) is 1. The van der Waals surface area contributed by atoms with Crippen molar-refractivity contribution in [3.63, 3.8) is 0 Å². The van der Waals surface area contributed by atoms with Crippen molar-refractivity contribution in [3.8, 4) is 11.1 Å². The van der Waals surface area contributed by atoms with Crippen LogP contribution < -0.4 is 16.2 Å². The molecule has 21 heavy (non-hydrogen) atoms. The molecule has 0 aliphatic heterocycles. The molecule has 0 heterocycles. The van der Waals surface area contributed by atoms with Crippen molar-refractivity contribution in [2.24, 2.45) is 0 Å². The highest BCUT2D eigenvalue weighted by atomic mass is 35.5. The summed E-state index contributed by atoms with van der Waals surface area (Å²) in [6.45, 7) is 0. The Balaban J connectivity index is 2.04. The Morgan fingerprint density at radius 2 is 1.57 bits per heavy atom. The van der Waals surface area contributed by atoms with E-state index in [2.05, 4.69) is 5.32 Å². The lowest BCUT2D eigenvalue weighted by Gasteiger charge is -2.14. The molecule has 3 aromatic rings. The maximum absolute atomic E-state index is 13.6. The number of rotatable bonds is 3. The van der Waals surface area contributed by atoms with Crippen LogP contribution >= 0.6 is 11.6 Å². The maximum Gasteiger partial charge on any atom is 0.250 e. The summed E-state index contributed by atoms with van der Waals surface area (Å²) in [4.78, 5) is 23.5. The molecule has 0 saturated heterocycles. The van der Waals surface area contributed by atoms with E-state index >= 15 is 0 Å². The van der Waals surface area contributed by atoms with Crippen LogP contribution in [0.1, 0.15) is 0 Å². The van der Waals surface area contributed by atoms with E-state index < -0.39 is 16.7 Å². The minimum absolute atomic E-state index is 0.104. The molecule has 104 valence electrons. The molecule has 1 N–H and O–H groups in total. The second kappa shape index (κ2) is 5.14. The van der Waals surface area contributed by atoms with Gasteiger partial charge >= 0.3 is 0 Å². The highest BCUT2D eigenvalue weighted by Crippen LogP contribution is 2.28. The van der Waals surface area contributed by atoms with Gasteiger partial charge in [0.1, 0.15) is 11.5 Å². The summed E-state index contributed by atoms with van der Waals surface area (Å²) in [5.74, 6) is -0.493. The molecule has 0 radical (unpaired) electrons. The maximum atomic E-state index is 13.6. The molecule has 0 unspecified atom stereocenters. The summed E-state index contributed by atoms with van der Waals surface area (Å²) in [7, 11) is 0. The summed E-state index contributed by atoms with van der Waals surface area (Å²) >= 11 is 5.80. The van der Waals surface area contributed by atoms with Crippen molar-refractivity contribution in [3.05, 3.63) is 79.8 Å². The van der Waals surface area contributed by atoms with E-state index in [9.17, 15) is 14.0 Å². The van der Waals surface area contributed by atoms with Gasteiger partial charge in [-0.25, -0.2) is 4.39 Å². The number of hydrogen-bond donors (Lipinski definition) is 1. The first-order valence-corrected chi connectivity index (χ1v) is 6.56. The van der Waals surface area contributed by atoms with Crippen LogP contribution in [-0.4, -0.2) is 0 Å². The van der Waals surface area contributed by atoms with Gasteiger partial charge in [0.05, 0.1) is 11.3 Å². The standard InChI is InChI=1S/C16H9ClFNO2/c17-10-7-5-9(6-8-10)13-14(16(21)15(13)20)19-12-4-2-1-3-11(12)18/h1-8,19H. The van der Waals surface area contributed by atoms with E-state index in [1.165, 1.54) is 12.1 Å². The molecule has 0 atom stereocenters. The Kier molecular flexibility index (Phi) is 3.31. The molecule has 0 amide bonds. The van der Waals surface area contributed by atoms with Crippen LogP contribution in [0.25, 0.3) is 11.1 Å². The fourth-order valence-corrected chi connectivity index (χ4v) is 2.23. The van der Waals surface area contributed by atoms with E-state index in [1.54, 1.807) is 36.4 Å². The lowest BCUT2D eigenvalue weighted by atomic mass is 9.98. The highest BCUT2D eigenvalue weighted by Gasteiger charge is 2.22. The Morgan fingerprint density at radius 1 is 0.905 bits per heavy atom. The number of benzene rings is 2. The summed E-state index contributed by atoms with van der Waals surface area (Å²) in [6, 6.07) is 12.5. The first-order chi connectivity index (χ1) is 10.1. The monoisotopic (exact) mass is 301 g/mol. The fourth-order valence-electron chi connectivity index (χ4n) is 2.10. The van der Waals surface area contributed by atoms with Crippen molar-refractivity contribution in [2.45, 2.75) is 0 Å². The third-order valence-corrected chi connectivity index (χ3v) is 3.43. The fraction of sp³-hybridized carbons (Fsp3) is 0. The van der Waals surface area contributed by atoms with Crippen molar-refractivity contribution < 1.29 is 4.39 Å². The quantitative estimate of drug-likeness (QED) is 0.753. The summed E-state index contributed by atoms with van der Waals surface area (Å²) < 4.78 is 13.6. The van der Waals surface area contributed by atoms with Crippen LogP contribution in [0.5, 0.6) is 0 Å². The lowest BCUT2D eigenvalue weighted by Crippen LogP contribution is -2.35. The first kappa shape index (κ1) is 13.5. The molecular weight excluding hydrogens is 293 g/mol. The molecule has 0 aromatic heterocycles. The van der Waals surface area contributed by atoms with Crippen LogP contribution in [0.4, 0.5) is 15.8 Å². The van der Waals surface area contributed by atoms with Gasteiger partial charge in [0.15, 0.2) is 0 Å². The molecule has 0 aliphatic carbocycles. The summed E-state index contributed by atoms with van der Waals surface area (Å²) in [5, 5.41) is 3.22. The van der Waals surface area contributed by atoms with Gasteiger partial charge < -0.3 is 5.32 Å². The second-order valence-corrected chi connectivity index (χ2v) is 4.96. The Labute approximate surface area is 124 Å². The molecule has 0 fully saturated rings. The molecule has 5 heteroatoms. The van der Waals surface area contributed by atoms with Crippen LogP contribution in [0.3, 0.4) is 0 Å². The molecular formula is C16H9ClFNO2. The van der Waals surface area contributed by atoms with Gasteiger partial charge in [0, 0.05) is 5.02 Å². The van der Waals surface area contributed by atoms with Crippen LogP contribution in [0.2, 0.25) is 5.02 Å². The zero-order valence-electron chi connectivity index (χ0n) is 10.7. The smallest absolute Gasteiger partial charge is 0.250 e. The van der Waals surface area contributed by atoms with Gasteiger partial charge in [0.2, 0.25) is 5.43 Å². The molecule has 3 nitrogen and oxygen atoms in total. The van der Waals surface area contributed by atoms with Gasteiger partial charge in [-0.3, -0.25) is 9.59 Å². The molecule has 3 aromatic carbocycles. The van der Waals surface area contributed by atoms with Crippen LogP contribution in [-0.2, 0) is 0 Å². The van der Waals surface area contributed by atoms with Gasteiger partial charge in [-0.15, -0.1) is 0 Å². The Hall–Kier alpha value is -2.46. The SMILES string of the molecule is O=c1c(Nc2ccccc2F)c(-c2ccc(Cl)cc2)c1=O. The van der Waals surface area contributed by atoms with Crippen LogP contribution in [0.15, 0.2) is 58.1 Å². The molecule has 0 bridgehead atoms. The summed E-state index contributed by atoms with van der Waals surface area (Å²) in [5.41, 5.74) is -0.158. The third-order valence-electron chi connectivity index (χ3n) is 3.18. The van der Waals surface area contributed by atoms with Gasteiger partial charge in [-0.1, -0.05) is 35.9 Å². The van der Waals surface area contributed by atoms with E-state index in [-0.39, 0.29) is 16.9 Å². The number of para-hydroxylation sites is 1. The lowest BCUT2D eigenvalue weighted by molar-refractivity contribution is 0.632. The van der Waals surface area contributed by atoms with E-state index in [0.29, 0.717) is 10.6 Å². The number of hydrogen-bond acceptors (Lipinski definition) is 3. The van der Waals surface area contributed by atoms with Crippen LogP contribution in [0, 0.1) is 5.82 Å². The van der Waals surface area contributed by atoms with Crippen molar-refractivity contribution in [1.29, 1.82) is 0 Å². The average molecular weight is 302 g/mol. The normalized spacial score (nSPS) is 10.8. The zero-order chi connectivity index (χ0) is 15.0. The Morgan fingerprint density at radius 3 is 2.24 bits per heavy atom. The second-order valence-electron chi connectivity index (χ2n) is 4.52. The van der Waals surface area contributed by atoms with E-state index in [0.717, 1.165) is 0 Å². The van der Waals surface area contributed by atoms with E-state index in [1.807, 2.05) is 0 Å². The van der Waals surface area contributed by atoms with E-state index in [4.69, 9.17) is 11.6 Å². The zero-order valence-corrected chi connectivity index (χ0v) is 11.4. The molecule has 0 saturated carbocycles. The van der Waals surface area contributed by atoms with Gasteiger partial charge in [-0.05, 0) is 29.8 Å². The topological polar surface area (TPSA) is 46.2 Å². The highest BCUT2D eigenvalue weighted by molar-refractivity contribution is 6.30. The first-order valence-electron chi connectivity index (χ1n) is 6.18. The van der Waals surface area contributed by atoms with Gasteiger partial charge in [-0.2, -0.15) is 0 Å². The van der Waals surface area contributed by atoms with Crippen molar-refractivity contribution in [1.82, 2.24) is 0 Å². The minimum atomic E-state index is -0.650.